The zero-order valence-electron chi connectivity index (χ0n) is 12.1. The van der Waals surface area contributed by atoms with E-state index in [1.807, 2.05) is 54.6 Å². The molecule has 2 N–H and O–H groups in total. The summed E-state index contributed by atoms with van der Waals surface area (Å²) in [7, 11) is 0. The number of rotatable bonds is 7. The summed E-state index contributed by atoms with van der Waals surface area (Å²) in [5, 5.41) is 0. The molecule has 0 fully saturated rings. The van der Waals surface area contributed by atoms with Crippen LogP contribution in [-0.2, 0) is 17.8 Å². The molecule has 2 rings (SSSR count). The van der Waals surface area contributed by atoms with E-state index in [4.69, 9.17) is 22.1 Å². The quantitative estimate of drug-likeness (QED) is 0.787. The number of carbonyl (C=O) groups is 1. The van der Waals surface area contributed by atoms with Gasteiger partial charge in [-0.2, -0.15) is 0 Å². The van der Waals surface area contributed by atoms with E-state index in [2.05, 4.69) is 0 Å². The highest BCUT2D eigenvalue weighted by Gasteiger charge is 2.12. The van der Waals surface area contributed by atoms with Crippen LogP contribution < -0.4 is 10.5 Å². The third kappa shape index (κ3) is 5.68. The van der Waals surface area contributed by atoms with Crippen molar-refractivity contribution in [1.82, 2.24) is 0 Å². The van der Waals surface area contributed by atoms with Gasteiger partial charge in [-0.25, -0.2) is 0 Å². The van der Waals surface area contributed by atoms with Gasteiger partial charge in [-0.15, -0.1) is 24.0 Å². The Bertz CT molecular complexity index is 573. The van der Waals surface area contributed by atoms with Crippen LogP contribution in [0.5, 0.6) is 5.75 Å². The third-order valence-electron chi connectivity index (χ3n) is 3.17. The van der Waals surface area contributed by atoms with Gasteiger partial charge in [0.15, 0.2) is 5.78 Å². The summed E-state index contributed by atoms with van der Waals surface area (Å²) in [5.41, 5.74) is 7.88. The molecular weight excluding hydrogens is 321 g/mol. The molecule has 2 aromatic carbocycles. The number of hydrogen-bond donors (Lipinski definition) is 1. The second-order valence-corrected chi connectivity index (χ2v) is 5.10. The molecule has 0 aromatic heterocycles. The van der Waals surface area contributed by atoms with Crippen LogP contribution in [0.1, 0.15) is 11.1 Å². The predicted molar refractivity (Wildman–Crippen MR) is 91.9 cm³/mol. The highest BCUT2D eigenvalue weighted by atomic mass is 35.5. The molecule has 3 nitrogen and oxygen atoms in total. The molecule has 0 bridgehead atoms. The Balaban J connectivity index is 0.00000242. The molecule has 0 saturated carbocycles. The molecule has 0 aliphatic carbocycles. The molecule has 5 heteroatoms. The fourth-order valence-electron chi connectivity index (χ4n) is 1.93. The first-order valence-corrected chi connectivity index (χ1v) is 7.32. The summed E-state index contributed by atoms with van der Waals surface area (Å²) in [6.45, 7) is 0.532. The summed E-state index contributed by atoms with van der Waals surface area (Å²) >= 11 is 5.49. The molecule has 2 aromatic rings. The maximum atomic E-state index is 11.4. The van der Waals surface area contributed by atoms with Crippen LogP contribution in [0.3, 0.4) is 0 Å². The lowest BCUT2D eigenvalue weighted by molar-refractivity contribution is -0.117. The predicted octanol–water partition coefficient (Wildman–Crippen LogP) is 3.37. The summed E-state index contributed by atoms with van der Waals surface area (Å²) in [6.07, 6.45) is 0.491. The fraction of sp³-hybridized carbons (Fsp3) is 0.235. The number of halogens is 2. The van der Waals surface area contributed by atoms with Gasteiger partial charge in [0.05, 0.1) is 11.9 Å². The molecule has 118 valence electrons. The van der Waals surface area contributed by atoms with Crippen LogP contribution >= 0.6 is 24.0 Å². The van der Waals surface area contributed by atoms with E-state index in [1.165, 1.54) is 0 Å². The lowest BCUT2D eigenvalue weighted by Crippen LogP contribution is -2.33. The molecule has 0 radical (unpaired) electrons. The van der Waals surface area contributed by atoms with Crippen molar-refractivity contribution in [2.24, 2.45) is 5.73 Å². The smallest absolute Gasteiger partial charge is 0.164 e. The van der Waals surface area contributed by atoms with Crippen molar-refractivity contribution in [3.63, 3.8) is 0 Å². The van der Waals surface area contributed by atoms with Crippen molar-refractivity contribution in [3.05, 3.63) is 65.7 Å². The van der Waals surface area contributed by atoms with Crippen LogP contribution in [0, 0.1) is 0 Å². The number of benzene rings is 2. The molecular formula is C17H19Cl2NO2. The van der Waals surface area contributed by atoms with Crippen LogP contribution in [-0.4, -0.2) is 17.7 Å². The zero-order valence-corrected chi connectivity index (χ0v) is 13.6. The molecule has 0 spiro atoms. The molecule has 1 atom stereocenters. The Morgan fingerprint density at radius 1 is 1.05 bits per heavy atom. The molecule has 0 amide bonds. The van der Waals surface area contributed by atoms with Crippen LogP contribution in [0.2, 0.25) is 0 Å². The standard InChI is InChI=1S/C17H18ClNO2.ClH/c18-11-17(20)16(19)10-13-6-8-15(9-7-13)21-12-14-4-2-1-3-5-14;/h1-9,16H,10-12,19H2;1H/t16-;/m0./s1. The average molecular weight is 340 g/mol. The van der Waals surface area contributed by atoms with Gasteiger partial charge < -0.3 is 10.5 Å². The lowest BCUT2D eigenvalue weighted by atomic mass is 10.0. The van der Waals surface area contributed by atoms with Crippen molar-refractivity contribution < 1.29 is 9.53 Å². The molecule has 0 unspecified atom stereocenters. The van der Waals surface area contributed by atoms with Gasteiger partial charge in [0.25, 0.3) is 0 Å². The Morgan fingerprint density at radius 2 is 1.68 bits per heavy atom. The van der Waals surface area contributed by atoms with E-state index in [0.29, 0.717) is 13.0 Å². The van der Waals surface area contributed by atoms with E-state index in [-0.39, 0.29) is 24.1 Å². The van der Waals surface area contributed by atoms with Gasteiger partial charge in [-0.05, 0) is 29.7 Å². The highest BCUT2D eigenvalue weighted by molar-refractivity contribution is 6.28. The highest BCUT2D eigenvalue weighted by Crippen LogP contribution is 2.15. The monoisotopic (exact) mass is 339 g/mol. The van der Waals surface area contributed by atoms with Crippen molar-refractivity contribution in [2.75, 3.05) is 5.88 Å². The molecule has 0 aliphatic rings. The van der Waals surface area contributed by atoms with Gasteiger partial charge >= 0.3 is 0 Å². The summed E-state index contributed by atoms with van der Waals surface area (Å²) < 4.78 is 5.70. The van der Waals surface area contributed by atoms with Gasteiger partial charge in [-0.3, -0.25) is 4.79 Å². The second-order valence-electron chi connectivity index (χ2n) is 4.83. The van der Waals surface area contributed by atoms with E-state index in [1.54, 1.807) is 0 Å². The van der Waals surface area contributed by atoms with Crippen molar-refractivity contribution in [1.29, 1.82) is 0 Å². The fourth-order valence-corrected chi connectivity index (χ4v) is 2.13. The minimum absolute atomic E-state index is 0. The summed E-state index contributed by atoms with van der Waals surface area (Å²) in [4.78, 5) is 11.4. The van der Waals surface area contributed by atoms with Gasteiger partial charge in [0.1, 0.15) is 12.4 Å². The Kier molecular flexibility index (Phi) is 7.96. The number of alkyl halides is 1. The average Bonchev–Trinajstić information content (AvgIpc) is 2.54. The summed E-state index contributed by atoms with van der Waals surface area (Å²) in [6, 6.07) is 17.0. The SMILES string of the molecule is Cl.N[C@@H](Cc1ccc(OCc2ccccc2)cc1)C(=O)CCl. The number of carbonyl (C=O) groups excluding carboxylic acids is 1. The van der Waals surface area contributed by atoms with E-state index in [0.717, 1.165) is 16.9 Å². The molecule has 22 heavy (non-hydrogen) atoms. The van der Waals surface area contributed by atoms with Gasteiger partial charge in [0, 0.05) is 0 Å². The molecule has 0 aliphatic heterocycles. The number of nitrogens with two attached hydrogens (primary N) is 1. The van der Waals surface area contributed by atoms with Gasteiger partial charge in [-0.1, -0.05) is 42.5 Å². The molecule has 0 heterocycles. The van der Waals surface area contributed by atoms with Crippen molar-refractivity contribution in [3.8, 4) is 5.75 Å². The number of Topliss-reactive ketones (excluding diaryl/α,β-unsaturated/α-hetero) is 1. The van der Waals surface area contributed by atoms with Crippen LogP contribution in [0.15, 0.2) is 54.6 Å². The first kappa shape index (κ1) is 18.5. The van der Waals surface area contributed by atoms with E-state index < -0.39 is 6.04 Å². The van der Waals surface area contributed by atoms with E-state index in [9.17, 15) is 4.79 Å². The summed E-state index contributed by atoms with van der Waals surface area (Å²) in [5.74, 6) is 0.611. The van der Waals surface area contributed by atoms with Gasteiger partial charge in [0.2, 0.25) is 0 Å². The largest absolute Gasteiger partial charge is 0.489 e. The van der Waals surface area contributed by atoms with Crippen molar-refractivity contribution in [2.45, 2.75) is 19.1 Å². The lowest BCUT2D eigenvalue weighted by Gasteiger charge is -2.10. The second kappa shape index (κ2) is 9.46. The number of ether oxygens (including phenoxy) is 1. The first-order chi connectivity index (χ1) is 10.2. The zero-order chi connectivity index (χ0) is 15.1. The van der Waals surface area contributed by atoms with Crippen molar-refractivity contribution >= 4 is 29.8 Å². The molecule has 0 saturated heterocycles. The van der Waals surface area contributed by atoms with Crippen LogP contribution in [0.4, 0.5) is 0 Å². The minimum atomic E-state index is -0.543. The third-order valence-corrected chi connectivity index (χ3v) is 3.44. The number of hydrogen-bond acceptors (Lipinski definition) is 3. The van der Waals surface area contributed by atoms with E-state index >= 15 is 0 Å². The first-order valence-electron chi connectivity index (χ1n) is 6.79. The normalized spacial score (nSPS) is 11.4. The van der Waals surface area contributed by atoms with Crippen LogP contribution in [0.25, 0.3) is 0 Å². The Morgan fingerprint density at radius 3 is 2.27 bits per heavy atom. The minimum Gasteiger partial charge on any atom is -0.489 e. The maximum absolute atomic E-state index is 11.4. The maximum Gasteiger partial charge on any atom is 0.164 e. The Labute approximate surface area is 141 Å². The number of ketones is 1. The Hall–Kier alpha value is -1.55. The topological polar surface area (TPSA) is 52.3 Å².